The third kappa shape index (κ3) is 5.01. The molecular weight excluding hydrogens is 284 g/mol. The van der Waals surface area contributed by atoms with Gasteiger partial charge in [0.25, 0.3) is 0 Å². The van der Waals surface area contributed by atoms with Gasteiger partial charge in [0.1, 0.15) is 0 Å². The molecule has 0 spiro atoms. The Hall–Kier alpha value is -1.06. The van der Waals surface area contributed by atoms with Crippen molar-refractivity contribution in [2.75, 3.05) is 0 Å². The van der Waals surface area contributed by atoms with Gasteiger partial charge in [-0.05, 0) is 44.4 Å². The number of amides is 1. The zero-order valence-corrected chi connectivity index (χ0v) is 13.6. The summed E-state index contributed by atoms with van der Waals surface area (Å²) in [5.41, 5.74) is 1.14. The van der Waals surface area contributed by atoms with Crippen molar-refractivity contribution in [3.8, 4) is 0 Å². The average Bonchev–Trinajstić information content (AvgIpc) is 2.48. The van der Waals surface area contributed by atoms with Crippen LogP contribution in [0, 0.1) is 0 Å². The lowest BCUT2D eigenvalue weighted by molar-refractivity contribution is -0.123. The van der Waals surface area contributed by atoms with Gasteiger partial charge >= 0.3 is 0 Å². The fourth-order valence-corrected chi connectivity index (χ4v) is 3.00. The molecule has 21 heavy (non-hydrogen) atoms. The Bertz CT molecular complexity index is 454. The van der Waals surface area contributed by atoms with Gasteiger partial charge in [-0.15, -0.1) is 0 Å². The highest BCUT2D eigenvalue weighted by molar-refractivity contribution is 6.30. The summed E-state index contributed by atoms with van der Waals surface area (Å²) in [4.78, 5) is 12.2. The van der Waals surface area contributed by atoms with Gasteiger partial charge in [-0.1, -0.05) is 43.0 Å². The molecule has 1 saturated carbocycles. The lowest BCUT2D eigenvalue weighted by Gasteiger charge is -2.26. The highest BCUT2D eigenvalue weighted by Gasteiger charge is 2.20. The third-order valence-electron chi connectivity index (χ3n) is 4.21. The van der Waals surface area contributed by atoms with Crippen molar-refractivity contribution >= 4 is 17.5 Å². The van der Waals surface area contributed by atoms with Gasteiger partial charge in [0.15, 0.2) is 0 Å². The fourth-order valence-electron chi connectivity index (χ4n) is 2.87. The summed E-state index contributed by atoms with van der Waals surface area (Å²) in [5, 5.41) is 7.24. The summed E-state index contributed by atoms with van der Waals surface area (Å²) in [5.74, 6) is 0.0997. The molecule has 2 rings (SSSR count). The van der Waals surface area contributed by atoms with Crippen molar-refractivity contribution in [3.63, 3.8) is 0 Å². The number of hydrogen-bond acceptors (Lipinski definition) is 2. The van der Waals surface area contributed by atoms with E-state index in [1.807, 2.05) is 31.2 Å². The van der Waals surface area contributed by atoms with Gasteiger partial charge in [0.05, 0.1) is 6.04 Å². The van der Waals surface area contributed by atoms with Crippen molar-refractivity contribution in [1.29, 1.82) is 0 Å². The van der Waals surface area contributed by atoms with Gasteiger partial charge < -0.3 is 5.32 Å². The maximum atomic E-state index is 12.2. The normalized spacial score (nSPS) is 19.0. The summed E-state index contributed by atoms with van der Waals surface area (Å²) in [7, 11) is 0. The predicted molar refractivity (Wildman–Crippen MR) is 87.5 cm³/mol. The first kappa shape index (κ1) is 16.3. The molecule has 0 aliphatic heterocycles. The predicted octanol–water partition coefficient (Wildman–Crippen LogP) is 3.83. The standard InChI is InChI=1S/C17H25ClN2O/c1-12(14-8-10-15(18)11-9-14)19-13(2)17(21)20-16-6-4-3-5-7-16/h8-13,16,19H,3-7H2,1-2H3,(H,20,21). The van der Waals surface area contributed by atoms with Crippen LogP contribution >= 0.6 is 11.6 Å². The van der Waals surface area contributed by atoms with Gasteiger partial charge in [-0.2, -0.15) is 0 Å². The minimum absolute atomic E-state index is 0.0997. The number of carbonyl (C=O) groups excluding carboxylic acids is 1. The maximum absolute atomic E-state index is 12.2. The summed E-state index contributed by atoms with van der Waals surface area (Å²) < 4.78 is 0. The summed E-state index contributed by atoms with van der Waals surface area (Å²) in [6.45, 7) is 3.98. The molecule has 2 N–H and O–H groups in total. The van der Waals surface area contributed by atoms with E-state index in [9.17, 15) is 4.79 Å². The van der Waals surface area contributed by atoms with E-state index in [1.54, 1.807) is 0 Å². The third-order valence-corrected chi connectivity index (χ3v) is 4.47. The first-order valence-corrected chi connectivity index (χ1v) is 8.26. The van der Waals surface area contributed by atoms with E-state index in [4.69, 9.17) is 11.6 Å². The molecular formula is C17H25ClN2O. The van der Waals surface area contributed by atoms with Crippen molar-refractivity contribution < 1.29 is 4.79 Å². The molecule has 1 aliphatic carbocycles. The second-order valence-electron chi connectivity index (χ2n) is 6.01. The van der Waals surface area contributed by atoms with Gasteiger partial charge in [0, 0.05) is 17.1 Å². The quantitative estimate of drug-likeness (QED) is 0.868. The topological polar surface area (TPSA) is 41.1 Å². The Labute approximate surface area is 132 Å². The van der Waals surface area contributed by atoms with Crippen molar-refractivity contribution in [1.82, 2.24) is 10.6 Å². The highest BCUT2D eigenvalue weighted by atomic mass is 35.5. The molecule has 3 nitrogen and oxygen atoms in total. The molecule has 1 amide bonds. The van der Waals surface area contributed by atoms with E-state index in [0.29, 0.717) is 6.04 Å². The van der Waals surface area contributed by atoms with Crippen LogP contribution in [0.4, 0.5) is 0 Å². The molecule has 1 aliphatic rings. The first-order valence-electron chi connectivity index (χ1n) is 7.88. The Kier molecular flexibility index (Phi) is 6.07. The van der Waals surface area contributed by atoms with Crippen LogP contribution in [0.2, 0.25) is 5.02 Å². The van der Waals surface area contributed by atoms with Crippen LogP contribution in [0.15, 0.2) is 24.3 Å². The summed E-state index contributed by atoms with van der Waals surface area (Å²) in [6, 6.07) is 8.02. The van der Waals surface area contributed by atoms with Crippen LogP contribution in [0.5, 0.6) is 0 Å². The average molecular weight is 309 g/mol. The SMILES string of the molecule is CC(NC(C)c1ccc(Cl)cc1)C(=O)NC1CCCCC1. The zero-order valence-electron chi connectivity index (χ0n) is 12.9. The number of nitrogens with one attached hydrogen (secondary N) is 2. The summed E-state index contributed by atoms with van der Waals surface area (Å²) >= 11 is 5.90. The van der Waals surface area contributed by atoms with Crippen molar-refractivity contribution in [2.45, 2.75) is 64.1 Å². The molecule has 0 heterocycles. The Balaban J connectivity index is 1.83. The molecule has 4 heteroatoms. The summed E-state index contributed by atoms with van der Waals surface area (Å²) in [6.07, 6.45) is 5.99. The maximum Gasteiger partial charge on any atom is 0.237 e. The van der Waals surface area contributed by atoms with Gasteiger partial charge in [0.2, 0.25) is 5.91 Å². The molecule has 116 valence electrons. The van der Waals surface area contributed by atoms with Crippen LogP contribution in [-0.4, -0.2) is 18.0 Å². The fraction of sp³-hybridized carbons (Fsp3) is 0.588. The number of hydrogen-bond donors (Lipinski definition) is 2. The van der Waals surface area contributed by atoms with Crippen LogP contribution in [0.1, 0.15) is 57.6 Å². The molecule has 1 aromatic rings. The van der Waals surface area contributed by atoms with Crippen LogP contribution in [0.25, 0.3) is 0 Å². The van der Waals surface area contributed by atoms with Crippen LogP contribution < -0.4 is 10.6 Å². The van der Waals surface area contributed by atoms with E-state index >= 15 is 0 Å². The lowest BCUT2D eigenvalue weighted by atomic mass is 9.95. The molecule has 0 radical (unpaired) electrons. The second kappa shape index (κ2) is 7.81. The number of rotatable bonds is 5. The number of carbonyl (C=O) groups is 1. The minimum Gasteiger partial charge on any atom is -0.352 e. The van der Waals surface area contributed by atoms with Gasteiger partial charge in [-0.25, -0.2) is 0 Å². The molecule has 2 unspecified atom stereocenters. The Morgan fingerprint density at radius 3 is 2.38 bits per heavy atom. The van der Waals surface area contributed by atoms with E-state index in [1.165, 1.54) is 19.3 Å². The lowest BCUT2D eigenvalue weighted by Crippen LogP contribution is -2.47. The first-order chi connectivity index (χ1) is 10.1. The van der Waals surface area contributed by atoms with E-state index in [-0.39, 0.29) is 18.0 Å². The van der Waals surface area contributed by atoms with E-state index < -0.39 is 0 Å². The molecule has 1 aromatic carbocycles. The number of benzene rings is 1. The van der Waals surface area contributed by atoms with Crippen LogP contribution in [0.3, 0.4) is 0 Å². The molecule has 0 aromatic heterocycles. The molecule has 0 bridgehead atoms. The minimum atomic E-state index is -0.197. The second-order valence-corrected chi connectivity index (χ2v) is 6.44. The van der Waals surface area contributed by atoms with Gasteiger partial charge in [-0.3, -0.25) is 10.1 Å². The van der Waals surface area contributed by atoms with Crippen molar-refractivity contribution in [2.24, 2.45) is 0 Å². The Morgan fingerprint density at radius 1 is 1.14 bits per heavy atom. The van der Waals surface area contributed by atoms with Crippen molar-refractivity contribution in [3.05, 3.63) is 34.9 Å². The van der Waals surface area contributed by atoms with E-state index in [0.717, 1.165) is 23.4 Å². The van der Waals surface area contributed by atoms with E-state index in [2.05, 4.69) is 17.6 Å². The largest absolute Gasteiger partial charge is 0.352 e. The highest BCUT2D eigenvalue weighted by Crippen LogP contribution is 2.18. The smallest absolute Gasteiger partial charge is 0.237 e. The molecule has 1 fully saturated rings. The Morgan fingerprint density at radius 2 is 1.76 bits per heavy atom. The molecule has 2 atom stereocenters. The number of halogens is 1. The molecule has 0 saturated heterocycles. The van der Waals surface area contributed by atoms with Crippen LogP contribution in [-0.2, 0) is 4.79 Å². The zero-order chi connectivity index (χ0) is 15.2. The monoisotopic (exact) mass is 308 g/mol.